The number of carbonyl (C=O) groups is 2. The van der Waals surface area contributed by atoms with E-state index in [1.54, 1.807) is 0 Å². The highest BCUT2D eigenvalue weighted by molar-refractivity contribution is 6.02. The SMILES string of the molecule is COc1cc(C=CC(=O)OC[C@H]2O[C@@H](Oc3cc(O)c4c(c3)O[C@@H](c3ccc(O)c(O)c3)CC4=O)[C@H](O)[C@@H](O)[C@@H]2O)ccc1O. The first-order valence-electron chi connectivity index (χ1n) is 13.6. The number of ketones is 1. The fourth-order valence-electron chi connectivity index (χ4n) is 4.87. The second kappa shape index (κ2) is 12.9. The molecular weight excluding hydrogens is 596 g/mol. The molecule has 2 aliphatic heterocycles. The quantitative estimate of drug-likeness (QED) is 0.107. The van der Waals surface area contributed by atoms with E-state index in [0.717, 1.165) is 12.1 Å². The molecule has 0 radical (unpaired) electrons. The molecule has 0 aliphatic carbocycles. The first kappa shape index (κ1) is 31.4. The van der Waals surface area contributed by atoms with Gasteiger partial charge in [-0.1, -0.05) is 12.1 Å². The number of Topliss-reactive ketones (excluding diaryl/α,β-unsaturated/α-hetero) is 1. The fraction of sp³-hybridized carbons (Fsp3) is 0.290. The number of rotatable bonds is 8. The molecule has 5 rings (SSSR count). The summed E-state index contributed by atoms with van der Waals surface area (Å²) in [6, 6.07) is 10.7. The van der Waals surface area contributed by atoms with Gasteiger partial charge in [0, 0.05) is 18.2 Å². The average molecular weight is 627 g/mol. The maximum atomic E-state index is 12.8. The second-order valence-electron chi connectivity index (χ2n) is 10.3. The Hall–Kier alpha value is -5.02. The van der Waals surface area contributed by atoms with E-state index in [1.165, 1.54) is 55.7 Å². The molecule has 2 aliphatic rings. The maximum Gasteiger partial charge on any atom is 0.330 e. The summed E-state index contributed by atoms with van der Waals surface area (Å²) in [5.41, 5.74) is 0.785. The number of aliphatic hydroxyl groups is 3. The van der Waals surface area contributed by atoms with E-state index >= 15 is 0 Å². The summed E-state index contributed by atoms with van der Waals surface area (Å²) in [6.07, 6.45) is -6.72. The van der Waals surface area contributed by atoms with Crippen molar-refractivity contribution in [3.8, 4) is 40.2 Å². The summed E-state index contributed by atoms with van der Waals surface area (Å²) in [7, 11) is 1.37. The Morgan fingerprint density at radius 3 is 2.40 bits per heavy atom. The zero-order valence-electron chi connectivity index (χ0n) is 23.6. The number of fused-ring (bicyclic) bond motifs is 1. The molecule has 0 bridgehead atoms. The van der Waals surface area contributed by atoms with Crippen molar-refractivity contribution in [3.63, 3.8) is 0 Å². The smallest absolute Gasteiger partial charge is 0.330 e. The van der Waals surface area contributed by atoms with Crippen LogP contribution in [0.2, 0.25) is 0 Å². The molecule has 6 atom stereocenters. The van der Waals surface area contributed by atoms with Crippen molar-refractivity contribution in [1.29, 1.82) is 0 Å². The Morgan fingerprint density at radius 2 is 1.67 bits per heavy atom. The summed E-state index contributed by atoms with van der Waals surface area (Å²) in [4.78, 5) is 25.1. The molecule has 1 fully saturated rings. The first-order valence-corrected chi connectivity index (χ1v) is 13.6. The highest BCUT2D eigenvalue weighted by Gasteiger charge is 2.45. The standard InChI is InChI=1S/C31H30O14/c1-41-23-8-14(2-5-18(23)33)3-7-26(37)42-13-25-28(38)29(39)30(40)31(45-25)43-16-10-20(35)27-21(36)12-22(44-24(27)11-16)15-4-6-17(32)19(34)9-15/h2-11,22,25,28-35,38-40H,12-13H2,1H3/t22-,25-,28-,29+,30-,31-/m1/s1. The second-order valence-corrected chi connectivity index (χ2v) is 10.3. The lowest BCUT2D eigenvalue weighted by atomic mass is 9.95. The van der Waals surface area contributed by atoms with Crippen molar-refractivity contribution >= 4 is 17.8 Å². The van der Waals surface area contributed by atoms with E-state index in [1.807, 2.05) is 0 Å². The molecule has 3 aromatic rings. The minimum atomic E-state index is -1.77. The number of aliphatic hydroxyl groups excluding tert-OH is 3. The molecule has 238 valence electrons. The van der Waals surface area contributed by atoms with Crippen molar-refractivity contribution in [1.82, 2.24) is 0 Å². The molecule has 0 amide bonds. The van der Waals surface area contributed by atoms with Crippen LogP contribution in [0.1, 0.15) is 34.0 Å². The molecule has 7 N–H and O–H groups in total. The minimum absolute atomic E-state index is 0.0757. The molecule has 0 spiro atoms. The van der Waals surface area contributed by atoms with Crippen LogP contribution >= 0.6 is 0 Å². The molecule has 0 aromatic heterocycles. The highest BCUT2D eigenvalue weighted by Crippen LogP contribution is 2.43. The molecule has 45 heavy (non-hydrogen) atoms. The van der Waals surface area contributed by atoms with Gasteiger partial charge in [-0.2, -0.15) is 0 Å². The highest BCUT2D eigenvalue weighted by atomic mass is 16.7. The number of hydrogen-bond donors (Lipinski definition) is 7. The number of aromatic hydroxyl groups is 4. The number of benzene rings is 3. The van der Waals surface area contributed by atoms with Gasteiger partial charge in [-0.25, -0.2) is 4.79 Å². The number of carbonyl (C=O) groups excluding carboxylic acids is 2. The number of esters is 1. The number of phenolic OH excluding ortho intramolecular Hbond substituents is 4. The van der Waals surface area contributed by atoms with Crippen LogP contribution in [0.3, 0.4) is 0 Å². The summed E-state index contributed by atoms with van der Waals surface area (Å²) < 4.78 is 27.3. The lowest BCUT2D eigenvalue weighted by Crippen LogP contribution is -2.60. The largest absolute Gasteiger partial charge is 0.507 e. The van der Waals surface area contributed by atoms with E-state index in [-0.39, 0.29) is 40.7 Å². The van der Waals surface area contributed by atoms with E-state index in [4.69, 9.17) is 23.7 Å². The molecule has 0 saturated carbocycles. The monoisotopic (exact) mass is 626 g/mol. The van der Waals surface area contributed by atoms with Gasteiger partial charge in [0.2, 0.25) is 6.29 Å². The van der Waals surface area contributed by atoms with Crippen LogP contribution in [0, 0.1) is 0 Å². The number of methoxy groups -OCH3 is 1. The van der Waals surface area contributed by atoms with Gasteiger partial charge >= 0.3 is 5.97 Å². The summed E-state index contributed by atoms with van der Waals surface area (Å²) in [6.45, 7) is -0.541. The van der Waals surface area contributed by atoms with Crippen molar-refractivity contribution in [2.45, 2.75) is 43.2 Å². The van der Waals surface area contributed by atoms with E-state index in [2.05, 4.69) is 0 Å². The van der Waals surface area contributed by atoms with Crippen LogP contribution in [-0.4, -0.2) is 91.9 Å². The number of phenols is 4. The third-order valence-electron chi connectivity index (χ3n) is 7.27. The van der Waals surface area contributed by atoms with Gasteiger partial charge in [-0.15, -0.1) is 0 Å². The van der Waals surface area contributed by atoms with Crippen LogP contribution in [0.5, 0.6) is 40.2 Å². The number of hydrogen-bond acceptors (Lipinski definition) is 14. The maximum absolute atomic E-state index is 12.8. The van der Waals surface area contributed by atoms with Crippen molar-refractivity contribution in [3.05, 3.63) is 71.3 Å². The Labute approximate surface area is 255 Å². The van der Waals surface area contributed by atoms with Gasteiger partial charge < -0.3 is 59.4 Å². The van der Waals surface area contributed by atoms with Gasteiger partial charge in [0.1, 0.15) is 59.9 Å². The van der Waals surface area contributed by atoms with Crippen LogP contribution in [-0.2, 0) is 14.3 Å². The lowest BCUT2D eigenvalue weighted by molar-refractivity contribution is -0.278. The first-order chi connectivity index (χ1) is 21.4. The Kier molecular flexibility index (Phi) is 9.01. The Morgan fingerprint density at radius 1 is 0.911 bits per heavy atom. The zero-order valence-corrected chi connectivity index (χ0v) is 23.6. The van der Waals surface area contributed by atoms with E-state index in [0.29, 0.717) is 11.1 Å². The van der Waals surface area contributed by atoms with E-state index in [9.17, 15) is 45.3 Å². The van der Waals surface area contributed by atoms with Crippen LogP contribution in [0.4, 0.5) is 0 Å². The van der Waals surface area contributed by atoms with Gasteiger partial charge in [0.05, 0.1) is 13.5 Å². The summed E-state index contributed by atoms with van der Waals surface area (Å²) in [5.74, 6) is -2.64. The molecule has 3 aromatic carbocycles. The molecule has 14 heteroatoms. The van der Waals surface area contributed by atoms with Crippen LogP contribution < -0.4 is 14.2 Å². The van der Waals surface area contributed by atoms with Crippen LogP contribution in [0.25, 0.3) is 6.08 Å². The van der Waals surface area contributed by atoms with Gasteiger partial charge in [0.15, 0.2) is 28.8 Å². The van der Waals surface area contributed by atoms with Gasteiger partial charge in [-0.3, -0.25) is 4.79 Å². The molecular formula is C31H30O14. The van der Waals surface area contributed by atoms with Crippen molar-refractivity contribution in [2.75, 3.05) is 13.7 Å². The fourth-order valence-corrected chi connectivity index (χ4v) is 4.87. The van der Waals surface area contributed by atoms with Gasteiger partial charge in [0.25, 0.3) is 0 Å². The third kappa shape index (κ3) is 6.73. The topological polar surface area (TPSA) is 222 Å². The summed E-state index contributed by atoms with van der Waals surface area (Å²) >= 11 is 0. The van der Waals surface area contributed by atoms with E-state index < -0.39 is 66.7 Å². The van der Waals surface area contributed by atoms with Crippen molar-refractivity contribution < 1.29 is 69.0 Å². The predicted octanol–water partition coefficient (Wildman–Crippen LogP) is 1.67. The number of ether oxygens (including phenoxy) is 5. The molecule has 1 saturated heterocycles. The summed E-state index contributed by atoms with van der Waals surface area (Å²) in [5, 5.41) is 71.1. The van der Waals surface area contributed by atoms with Gasteiger partial charge in [-0.05, 0) is 41.5 Å². The molecule has 14 nitrogen and oxygen atoms in total. The third-order valence-corrected chi connectivity index (χ3v) is 7.27. The Bertz CT molecular complexity index is 1620. The predicted molar refractivity (Wildman–Crippen MR) is 152 cm³/mol. The molecule has 2 heterocycles. The average Bonchev–Trinajstić information content (AvgIpc) is 3.01. The zero-order chi connectivity index (χ0) is 32.4. The molecule has 0 unspecified atom stereocenters. The normalized spacial score (nSPS) is 24.5. The Balaban J connectivity index is 1.26. The van der Waals surface area contributed by atoms with Crippen LogP contribution in [0.15, 0.2) is 54.6 Å². The minimum Gasteiger partial charge on any atom is -0.507 e. The lowest BCUT2D eigenvalue weighted by Gasteiger charge is -2.40. The van der Waals surface area contributed by atoms with Crippen molar-refractivity contribution in [2.24, 2.45) is 0 Å².